The van der Waals surface area contributed by atoms with Crippen molar-refractivity contribution in [3.05, 3.63) is 53.4 Å². The SMILES string of the molecule is Cc1noc(CC2(O)CCCN(Cc3cn4ccccc4c3C#N)C2)n1. The molecule has 7 nitrogen and oxygen atoms in total. The van der Waals surface area contributed by atoms with Crippen molar-refractivity contribution in [3.63, 3.8) is 0 Å². The van der Waals surface area contributed by atoms with Gasteiger partial charge in [-0.25, -0.2) is 0 Å². The number of hydrogen-bond acceptors (Lipinski definition) is 6. The molecule has 0 bridgehead atoms. The van der Waals surface area contributed by atoms with E-state index in [1.165, 1.54) is 0 Å². The quantitative estimate of drug-likeness (QED) is 0.774. The average Bonchev–Trinajstić information content (AvgIpc) is 3.16. The van der Waals surface area contributed by atoms with Gasteiger partial charge in [-0.2, -0.15) is 10.2 Å². The van der Waals surface area contributed by atoms with Crippen LogP contribution in [0.2, 0.25) is 0 Å². The van der Waals surface area contributed by atoms with Crippen LogP contribution in [0.5, 0.6) is 0 Å². The Bertz CT molecular complexity index is 970. The number of hydrogen-bond donors (Lipinski definition) is 1. The largest absolute Gasteiger partial charge is 0.388 e. The Kier molecular flexibility index (Phi) is 4.23. The third kappa shape index (κ3) is 3.21. The van der Waals surface area contributed by atoms with Crippen LogP contribution in [0.4, 0.5) is 0 Å². The molecule has 1 unspecified atom stereocenters. The smallest absolute Gasteiger partial charge is 0.229 e. The molecule has 134 valence electrons. The number of likely N-dealkylation sites (tertiary alicyclic amines) is 1. The van der Waals surface area contributed by atoms with Gasteiger partial charge in [0.05, 0.1) is 23.1 Å². The van der Waals surface area contributed by atoms with Crippen LogP contribution >= 0.6 is 0 Å². The fourth-order valence-electron chi connectivity index (χ4n) is 3.85. The summed E-state index contributed by atoms with van der Waals surface area (Å²) in [5.41, 5.74) is 1.71. The average molecular weight is 351 g/mol. The minimum atomic E-state index is -0.886. The summed E-state index contributed by atoms with van der Waals surface area (Å²) in [7, 11) is 0. The van der Waals surface area contributed by atoms with E-state index in [0.29, 0.717) is 43.2 Å². The summed E-state index contributed by atoms with van der Waals surface area (Å²) in [5, 5.41) is 24.4. The van der Waals surface area contributed by atoms with Crippen molar-refractivity contribution < 1.29 is 9.63 Å². The molecule has 26 heavy (non-hydrogen) atoms. The molecular formula is C19H21N5O2. The minimum Gasteiger partial charge on any atom is -0.388 e. The lowest BCUT2D eigenvalue weighted by Gasteiger charge is -2.38. The number of aryl methyl sites for hydroxylation is 1. The number of aromatic nitrogens is 3. The van der Waals surface area contributed by atoms with Crippen LogP contribution in [0.3, 0.4) is 0 Å². The lowest BCUT2D eigenvalue weighted by molar-refractivity contribution is -0.0373. The standard InChI is InChI=1S/C19H21N5O2/c1-14-21-18(26-22-14)9-19(25)6-4-7-23(13-19)11-15-12-24-8-3-2-5-17(24)16(15)10-20/h2-3,5,8,12,25H,4,6-7,9,11,13H2,1H3. The van der Waals surface area contributed by atoms with Crippen molar-refractivity contribution in [1.29, 1.82) is 5.26 Å². The summed E-state index contributed by atoms with van der Waals surface area (Å²) < 4.78 is 7.15. The van der Waals surface area contributed by atoms with Crippen molar-refractivity contribution in [2.24, 2.45) is 0 Å². The number of fused-ring (bicyclic) bond motifs is 1. The maximum Gasteiger partial charge on any atom is 0.229 e. The first-order valence-electron chi connectivity index (χ1n) is 8.79. The van der Waals surface area contributed by atoms with Gasteiger partial charge in [0.2, 0.25) is 5.89 Å². The molecular weight excluding hydrogens is 330 g/mol. The molecule has 7 heteroatoms. The van der Waals surface area contributed by atoms with E-state index in [0.717, 1.165) is 24.0 Å². The normalized spacial score (nSPS) is 21.1. The van der Waals surface area contributed by atoms with Crippen LogP contribution in [0.25, 0.3) is 5.52 Å². The van der Waals surface area contributed by atoms with Crippen LogP contribution in [0.15, 0.2) is 35.1 Å². The van der Waals surface area contributed by atoms with E-state index in [1.807, 2.05) is 35.0 Å². The number of nitriles is 1. The number of pyridine rings is 1. The summed E-state index contributed by atoms with van der Waals surface area (Å²) in [5.74, 6) is 1.05. The third-order valence-electron chi connectivity index (χ3n) is 4.95. The molecule has 1 atom stereocenters. The molecule has 0 aliphatic carbocycles. The van der Waals surface area contributed by atoms with Gasteiger partial charge in [0.1, 0.15) is 6.07 Å². The van der Waals surface area contributed by atoms with Gasteiger partial charge in [-0.05, 0) is 38.4 Å². The van der Waals surface area contributed by atoms with Crippen molar-refractivity contribution in [2.75, 3.05) is 13.1 Å². The van der Waals surface area contributed by atoms with E-state index in [1.54, 1.807) is 6.92 Å². The fraction of sp³-hybridized carbons (Fsp3) is 0.421. The van der Waals surface area contributed by atoms with E-state index < -0.39 is 5.60 Å². The Hall–Kier alpha value is -2.69. The topological polar surface area (TPSA) is 90.6 Å². The summed E-state index contributed by atoms with van der Waals surface area (Å²) in [6, 6.07) is 8.16. The first-order chi connectivity index (χ1) is 12.6. The molecule has 0 radical (unpaired) electrons. The van der Waals surface area contributed by atoms with E-state index in [-0.39, 0.29) is 0 Å². The van der Waals surface area contributed by atoms with Gasteiger partial charge in [0.15, 0.2) is 5.82 Å². The summed E-state index contributed by atoms with van der Waals surface area (Å²) in [6.45, 7) is 3.81. The first-order valence-corrected chi connectivity index (χ1v) is 8.79. The highest BCUT2D eigenvalue weighted by Gasteiger charge is 2.35. The highest BCUT2D eigenvalue weighted by atomic mass is 16.5. The summed E-state index contributed by atoms with van der Waals surface area (Å²) in [6.07, 6.45) is 5.90. The molecule has 1 fully saturated rings. The zero-order chi connectivity index (χ0) is 18.1. The Morgan fingerprint density at radius 2 is 2.31 bits per heavy atom. The fourth-order valence-corrected chi connectivity index (χ4v) is 3.85. The monoisotopic (exact) mass is 351 g/mol. The lowest BCUT2D eigenvalue weighted by atomic mass is 9.89. The maximum atomic E-state index is 11.0. The molecule has 0 aromatic carbocycles. The molecule has 4 rings (SSSR count). The van der Waals surface area contributed by atoms with Gasteiger partial charge < -0.3 is 14.0 Å². The molecule has 0 saturated carbocycles. The Morgan fingerprint density at radius 3 is 3.08 bits per heavy atom. The van der Waals surface area contributed by atoms with Gasteiger partial charge in [0.25, 0.3) is 0 Å². The van der Waals surface area contributed by atoms with Crippen LogP contribution < -0.4 is 0 Å². The predicted molar refractivity (Wildman–Crippen MR) is 94.3 cm³/mol. The third-order valence-corrected chi connectivity index (χ3v) is 4.95. The van der Waals surface area contributed by atoms with Crippen molar-refractivity contribution >= 4 is 5.52 Å². The van der Waals surface area contributed by atoms with Crippen molar-refractivity contribution in [1.82, 2.24) is 19.4 Å². The van der Waals surface area contributed by atoms with Crippen LogP contribution in [-0.4, -0.2) is 43.2 Å². The Labute approximate surface area is 151 Å². The van der Waals surface area contributed by atoms with E-state index in [2.05, 4.69) is 21.1 Å². The molecule has 3 aromatic rings. The van der Waals surface area contributed by atoms with Crippen molar-refractivity contribution in [2.45, 2.75) is 38.3 Å². The summed E-state index contributed by atoms with van der Waals surface area (Å²) >= 11 is 0. The van der Waals surface area contributed by atoms with E-state index >= 15 is 0 Å². The molecule has 0 spiro atoms. The van der Waals surface area contributed by atoms with E-state index in [9.17, 15) is 10.4 Å². The molecule has 3 aromatic heterocycles. The molecule has 1 N–H and O–H groups in total. The number of rotatable bonds is 4. The van der Waals surface area contributed by atoms with Crippen LogP contribution in [0, 0.1) is 18.3 Å². The summed E-state index contributed by atoms with van der Waals surface area (Å²) in [4.78, 5) is 6.41. The second-order valence-electron chi connectivity index (χ2n) is 7.08. The highest BCUT2D eigenvalue weighted by Crippen LogP contribution is 2.27. The second kappa shape index (κ2) is 6.56. The van der Waals surface area contributed by atoms with E-state index in [4.69, 9.17) is 4.52 Å². The molecule has 1 aliphatic rings. The highest BCUT2D eigenvalue weighted by molar-refractivity contribution is 5.65. The zero-order valence-corrected chi connectivity index (χ0v) is 14.7. The number of nitrogens with zero attached hydrogens (tertiary/aromatic N) is 5. The van der Waals surface area contributed by atoms with Crippen molar-refractivity contribution in [3.8, 4) is 6.07 Å². The number of piperidine rings is 1. The molecule has 0 amide bonds. The molecule has 1 aliphatic heterocycles. The van der Waals surface area contributed by atoms with Crippen LogP contribution in [-0.2, 0) is 13.0 Å². The predicted octanol–water partition coefficient (Wildman–Crippen LogP) is 2.07. The van der Waals surface area contributed by atoms with Crippen LogP contribution in [0.1, 0.15) is 35.7 Å². The number of β-amino-alcohol motifs (C(OH)–C–C–N with tert-alkyl or cyclic N) is 1. The maximum absolute atomic E-state index is 11.0. The Morgan fingerprint density at radius 1 is 1.42 bits per heavy atom. The molecule has 1 saturated heterocycles. The number of aliphatic hydroxyl groups is 1. The molecule has 4 heterocycles. The zero-order valence-electron chi connectivity index (χ0n) is 14.7. The minimum absolute atomic E-state index is 0.354. The van der Waals surface area contributed by atoms with Gasteiger partial charge in [-0.15, -0.1) is 0 Å². The first kappa shape index (κ1) is 16.8. The second-order valence-corrected chi connectivity index (χ2v) is 7.08. The van der Waals surface area contributed by atoms with Gasteiger partial charge in [-0.3, -0.25) is 4.90 Å². The van der Waals surface area contributed by atoms with Gasteiger partial charge in [-0.1, -0.05) is 11.2 Å². The van der Waals surface area contributed by atoms with Gasteiger partial charge >= 0.3 is 0 Å². The lowest BCUT2D eigenvalue weighted by Crippen LogP contribution is -2.49. The van der Waals surface area contributed by atoms with Gasteiger partial charge in [0, 0.05) is 31.0 Å². The Balaban J connectivity index is 1.53.